The van der Waals surface area contributed by atoms with E-state index in [9.17, 15) is 18.4 Å². The second-order valence-corrected chi connectivity index (χ2v) is 6.45. The molecule has 4 nitrogen and oxygen atoms in total. The van der Waals surface area contributed by atoms with Crippen LogP contribution in [0.3, 0.4) is 0 Å². The van der Waals surface area contributed by atoms with Crippen LogP contribution in [0.25, 0.3) is 0 Å². The molecule has 1 fully saturated rings. The lowest BCUT2D eigenvalue weighted by Gasteiger charge is -2.38. The van der Waals surface area contributed by atoms with E-state index in [1.54, 1.807) is 12.1 Å². The fourth-order valence-electron chi connectivity index (χ4n) is 2.40. The number of rotatable bonds is 3. The molecular formula is C17H13BrF2N2O2. The zero-order chi connectivity index (χ0) is 17.3. The molecule has 1 N–H and O–H groups in total. The first-order chi connectivity index (χ1) is 11.4. The van der Waals surface area contributed by atoms with Crippen LogP contribution >= 0.6 is 15.9 Å². The summed E-state index contributed by atoms with van der Waals surface area (Å²) in [6.45, 7) is 0.500. The van der Waals surface area contributed by atoms with E-state index < -0.39 is 17.5 Å². The molecule has 1 aliphatic heterocycles. The number of benzene rings is 2. The number of halogens is 3. The van der Waals surface area contributed by atoms with Gasteiger partial charge in [-0.2, -0.15) is 0 Å². The Morgan fingerprint density at radius 2 is 1.71 bits per heavy atom. The molecule has 1 aliphatic rings. The van der Waals surface area contributed by atoms with Crippen molar-refractivity contribution >= 4 is 33.4 Å². The molecule has 2 aromatic rings. The van der Waals surface area contributed by atoms with Gasteiger partial charge in [0.15, 0.2) is 11.6 Å². The van der Waals surface area contributed by atoms with Gasteiger partial charge in [-0.05, 0) is 42.5 Å². The Morgan fingerprint density at radius 1 is 1.04 bits per heavy atom. The lowest BCUT2D eigenvalue weighted by molar-refractivity contribution is -0.123. The molecule has 3 rings (SSSR count). The quantitative estimate of drug-likeness (QED) is 0.866. The number of hydrogen-bond acceptors (Lipinski definition) is 2. The minimum absolute atomic E-state index is 0.0701. The molecule has 7 heteroatoms. The molecule has 0 aromatic heterocycles. The molecule has 0 saturated carbocycles. The van der Waals surface area contributed by atoms with Gasteiger partial charge in [-0.3, -0.25) is 9.59 Å². The monoisotopic (exact) mass is 394 g/mol. The highest BCUT2D eigenvalue weighted by Crippen LogP contribution is 2.22. The predicted molar refractivity (Wildman–Crippen MR) is 88.5 cm³/mol. The summed E-state index contributed by atoms with van der Waals surface area (Å²) in [7, 11) is 0. The first-order valence-corrected chi connectivity index (χ1v) is 8.04. The van der Waals surface area contributed by atoms with Gasteiger partial charge >= 0.3 is 0 Å². The molecule has 0 radical (unpaired) electrons. The summed E-state index contributed by atoms with van der Waals surface area (Å²) in [6.07, 6.45) is 0. The molecule has 1 saturated heterocycles. The van der Waals surface area contributed by atoms with Crippen molar-refractivity contribution in [2.24, 2.45) is 5.92 Å². The average molecular weight is 395 g/mol. The van der Waals surface area contributed by atoms with Gasteiger partial charge in [0.25, 0.3) is 5.91 Å². The fourth-order valence-corrected chi connectivity index (χ4v) is 2.66. The zero-order valence-corrected chi connectivity index (χ0v) is 14.0. The Hall–Kier alpha value is -2.28. The molecule has 1 heterocycles. The lowest BCUT2D eigenvalue weighted by atomic mass is 9.97. The lowest BCUT2D eigenvalue weighted by Crippen LogP contribution is -2.54. The van der Waals surface area contributed by atoms with E-state index in [1.807, 2.05) is 12.1 Å². The van der Waals surface area contributed by atoms with E-state index in [-0.39, 0.29) is 30.5 Å². The van der Waals surface area contributed by atoms with Gasteiger partial charge in [0, 0.05) is 28.8 Å². The molecule has 2 aromatic carbocycles. The highest BCUT2D eigenvalue weighted by Gasteiger charge is 2.36. The van der Waals surface area contributed by atoms with Gasteiger partial charge in [-0.1, -0.05) is 15.9 Å². The number of carbonyl (C=O) groups is 2. The maximum atomic E-state index is 13.2. The van der Waals surface area contributed by atoms with Gasteiger partial charge in [0.05, 0.1) is 5.92 Å². The summed E-state index contributed by atoms with van der Waals surface area (Å²) in [6, 6.07) is 10.2. The van der Waals surface area contributed by atoms with E-state index in [0.717, 1.165) is 16.6 Å². The highest BCUT2D eigenvalue weighted by atomic mass is 79.9. The highest BCUT2D eigenvalue weighted by molar-refractivity contribution is 9.10. The van der Waals surface area contributed by atoms with Gasteiger partial charge in [0.2, 0.25) is 5.91 Å². The van der Waals surface area contributed by atoms with Gasteiger partial charge in [-0.25, -0.2) is 8.78 Å². The van der Waals surface area contributed by atoms with Gasteiger partial charge in [-0.15, -0.1) is 0 Å². The Labute approximate surface area is 145 Å². The van der Waals surface area contributed by atoms with Crippen LogP contribution in [0.15, 0.2) is 46.9 Å². The normalized spacial score (nSPS) is 14.2. The summed E-state index contributed by atoms with van der Waals surface area (Å²) in [5.74, 6) is -2.97. The van der Waals surface area contributed by atoms with Crippen molar-refractivity contribution in [1.29, 1.82) is 0 Å². The molecule has 2 amide bonds. The minimum Gasteiger partial charge on any atom is -0.337 e. The van der Waals surface area contributed by atoms with Crippen LogP contribution in [0, 0.1) is 17.6 Å². The standard InChI is InChI=1S/C17H13BrF2N2O2/c18-12-2-4-13(5-3-12)21-16(23)11-8-22(9-11)17(24)10-1-6-14(19)15(20)7-10/h1-7,11H,8-9H2,(H,21,23). The molecule has 124 valence electrons. The summed E-state index contributed by atoms with van der Waals surface area (Å²) in [5.41, 5.74) is 0.745. The maximum absolute atomic E-state index is 13.2. The van der Waals surface area contributed by atoms with E-state index in [0.29, 0.717) is 5.69 Å². The molecule has 0 spiro atoms. The van der Waals surface area contributed by atoms with Crippen molar-refractivity contribution < 1.29 is 18.4 Å². The number of amides is 2. The van der Waals surface area contributed by atoms with Crippen molar-refractivity contribution in [3.05, 3.63) is 64.1 Å². The van der Waals surface area contributed by atoms with Crippen LogP contribution in [0.2, 0.25) is 0 Å². The second-order valence-electron chi connectivity index (χ2n) is 5.53. The summed E-state index contributed by atoms with van der Waals surface area (Å²) < 4.78 is 27.0. The molecule has 0 bridgehead atoms. The van der Waals surface area contributed by atoms with E-state index in [4.69, 9.17) is 0 Å². The fraction of sp³-hybridized carbons (Fsp3) is 0.176. The molecule has 24 heavy (non-hydrogen) atoms. The van der Waals surface area contributed by atoms with Crippen LogP contribution in [-0.2, 0) is 4.79 Å². The summed E-state index contributed by atoms with van der Waals surface area (Å²) in [4.78, 5) is 25.7. The Balaban J connectivity index is 1.56. The first kappa shape index (κ1) is 16.6. The number of carbonyl (C=O) groups excluding carboxylic acids is 2. The summed E-state index contributed by atoms with van der Waals surface area (Å²) in [5, 5.41) is 2.78. The van der Waals surface area contributed by atoms with Crippen LogP contribution < -0.4 is 5.32 Å². The Bertz CT molecular complexity index is 790. The zero-order valence-electron chi connectivity index (χ0n) is 12.4. The van der Waals surface area contributed by atoms with Crippen LogP contribution in [-0.4, -0.2) is 29.8 Å². The largest absolute Gasteiger partial charge is 0.337 e. The average Bonchev–Trinajstić information content (AvgIpc) is 2.50. The van der Waals surface area contributed by atoms with Crippen molar-refractivity contribution in [3.8, 4) is 0 Å². The minimum atomic E-state index is -1.06. The maximum Gasteiger partial charge on any atom is 0.254 e. The third-order valence-corrected chi connectivity index (χ3v) is 4.35. The van der Waals surface area contributed by atoms with Crippen LogP contribution in [0.4, 0.5) is 14.5 Å². The van der Waals surface area contributed by atoms with E-state index >= 15 is 0 Å². The van der Waals surface area contributed by atoms with E-state index in [1.165, 1.54) is 11.0 Å². The molecule has 0 atom stereocenters. The first-order valence-electron chi connectivity index (χ1n) is 7.25. The Kier molecular flexibility index (Phi) is 4.62. The number of likely N-dealkylation sites (tertiary alicyclic amines) is 1. The topological polar surface area (TPSA) is 49.4 Å². The molecule has 0 aliphatic carbocycles. The van der Waals surface area contributed by atoms with Crippen LogP contribution in [0.5, 0.6) is 0 Å². The van der Waals surface area contributed by atoms with Crippen LogP contribution in [0.1, 0.15) is 10.4 Å². The smallest absolute Gasteiger partial charge is 0.254 e. The van der Waals surface area contributed by atoms with Crippen molar-refractivity contribution in [2.75, 3.05) is 18.4 Å². The number of hydrogen-bond donors (Lipinski definition) is 1. The predicted octanol–water partition coefficient (Wildman–Crippen LogP) is 3.44. The van der Waals surface area contributed by atoms with Crippen molar-refractivity contribution in [2.45, 2.75) is 0 Å². The summed E-state index contributed by atoms with van der Waals surface area (Å²) >= 11 is 3.31. The SMILES string of the molecule is O=C(Nc1ccc(Br)cc1)C1CN(C(=O)c2ccc(F)c(F)c2)C1. The second kappa shape index (κ2) is 6.68. The van der Waals surface area contributed by atoms with Gasteiger partial charge < -0.3 is 10.2 Å². The van der Waals surface area contributed by atoms with Crippen molar-refractivity contribution in [1.82, 2.24) is 4.90 Å². The molecule has 0 unspecified atom stereocenters. The van der Waals surface area contributed by atoms with Gasteiger partial charge in [0.1, 0.15) is 0 Å². The van der Waals surface area contributed by atoms with Crippen molar-refractivity contribution in [3.63, 3.8) is 0 Å². The van der Waals surface area contributed by atoms with E-state index in [2.05, 4.69) is 21.2 Å². The third-order valence-electron chi connectivity index (χ3n) is 3.82. The molecular weight excluding hydrogens is 382 g/mol. The number of nitrogens with zero attached hydrogens (tertiary/aromatic N) is 1. The number of nitrogens with one attached hydrogen (secondary N) is 1. The Morgan fingerprint density at radius 3 is 2.33 bits per heavy atom. The third kappa shape index (κ3) is 3.46. The number of anilines is 1.